The standard InChI is InChI=1S/C27H27N/c1-6-9-10-15-21-23-17-22(20-14-12-11-13-18(20)4)19(7-2)16-24(23)27(5)26(21)25(8-3)28-27/h6-8,11-17,28H,1-3,9-10H2,4-5H3/b21-15-. The van der Waals surface area contributed by atoms with Gasteiger partial charge in [0.25, 0.3) is 0 Å². The van der Waals surface area contributed by atoms with E-state index in [-0.39, 0.29) is 5.54 Å². The zero-order chi connectivity index (χ0) is 19.9. The van der Waals surface area contributed by atoms with Crippen molar-refractivity contribution >= 4 is 11.6 Å². The van der Waals surface area contributed by atoms with Crippen molar-refractivity contribution in [2.24, 2.45) is 0 Å². The number of unbranched alkanes of at least 4 members (excludes halogenated alkanes) is 1. The van der Waals surface area contributed by atoms with Crippen LogP contribution in [0.15, 0.2) is 85.6 Å². The molecule has 0 aromatic heterocycles. The maximum atomic E-state index is 4.09. The van der Waals surface area contributed by atoms with Gasteiger partial charge in [-0.05, 0) is 83.9 Å². The summed E-state index contributed by atoms with van der Waals surface area (Å²) < 4.78 is 0. The van der Waals surface area contributed by atoms with Crippen LogP contribution in [0.25, 0.3) is 22.8 Å². The van der Waals surface area contributed by atoms with Crippen LogP contribution in [0.1, 0.15) is 42.0 Å². The Balaban J connectivity index is 1.97. The molecule has 1 atom stereocenters. The van der Waals surface area contributed by atoms with E-state index in [0.29, 0.717) is 0 Å². The molecular formula is C27H27N. The van der Waals surface area contributed by atoms with Crippen molar-refractivity contribution in [2.75, 3.05) is 0 Å². The first kappa shape index (κ1) is 18.3. The van der Waals surface area contributed by atoms with Gasteiger partial charge in [-0.2, -0.15) is 0 Å². The summed E-state index contributed by atoms with van der Waals surface area (Å²) in [5, 5.41) is 3.63. The van der Waals surface area contributed by atoms with Crippen molar-refractivity contribution in [1.82, 2.24) is 5.32 Å². The lowest BCUT2D eigenvalue weighted by Gasteiger charge is -2.41. The Morgan fingerprint density at radius 2 is 1.75 bits per heavy atom. The maximum Gasteiger partial charge on any atom is 0.0883 e. The lowest BCUT2D eigenvalue weighted by Crippen LogP contribution is -2.47. The van der Waals surface area contributed by atoms with E-state index in [4.69, 9.17) is 0 Å². The van der Waals surface area contributed by atoms with Gasteiger partial charge < -0.3 is 5.32 Å². The third kappa shape index (κ3) is 2.54. The number of aryl methyl sites for hydroxylation is 1. The van der Waals surface area contributed by atoms with E-state index in [0.717, 1.165) is 18.5 Å². The smallest absolute Gasteiger partial charge is 0.0883 e. The second-order valence-corrected chi connectivity index (χ2v) is 7.73. The largest absolute Gasteiger partial charge is 0.371 e. The van der Waals surface area contributed by atoms with Crippen molar-refractivity contribution in [1.29, 1.82) is 0 Å². The summed E-state index contributed by atoms with van der Waals surface area (Å²) in [4.78, 5) is 0. The molecule has 2 aliphatic rings. The highest BCUT2D eigenvalue weighted by atomic mass is 15.1. The second kappa shape index (κ2) is 6.83. The molecule has 1 aliphatic heterocycles. The monoisotopic (exact) mass is 365 g/mol. The average molecular weight is 366 g/mol. The molecule has 4 rings (SSSR count). The molecule has 28 heavy (non-hydrogen) atoms. The molecule has 2 aromatic carbocycles. The van der Waals surface area contributed by atoms with E-state index in [2.05, 4.69) is 81.4 Å². The molecule has 1 unspecified atom stereocenters. The van der Waals surface area contributed by atoms with Crippen LogP contribution in [0.3, 0.4) is 0 Å². The molecule has 1 aliphatic carbocycles. The van der Waals surface area contributed by atoms with Crippen LogP contribution in [0, 0.1) is 6.92 Å². The number of benzene rings is 2. The molecule has 1 N–H and O–H groups in total. The topological polar surface area (TPSA) is 12.0 Å². The number of hydrogen-bond acceptors (Lipinski definition) is 1. The molecular weight excluding hydrogens is 338 g/mol. The molecule has 0 bridgehead atoms. The molecule has 0 radical (unpaired) electrons. The Morgan fingerprint density at radius 3 is 2.43 bits per heavy atom. The molecule has 0 amide bonds. The van der Waals surface area contributed by atoms with Gasteiger partial charge in [0, 0.05) is 11.3 Å². The molecule has 140 valence electrons. The Kier molecular flexibility index (Phi) is 4.47. The predicted octanol–water partition coefficient (Wildman–Crippen LogP) is 6.93. The van der Waals surface area contributed by atoms with E-state index in [1.54, 1.807) is 0 Å². The number of nitrogens with one attached hydrogen (secondary N) is 1. The highest BCUT2D eigenvalue weighted by molar-refractivity contribution is 5.96. The molecule has 0 fully saturated rings. The third-order valence-electron chi connectivity index (χ3n) is 6.02. The summed E-state index contributed by atoms with van der Waals surface area (Å²) in [6.07, 6.45) is 10.2. The first-order valence-electron chi connectivity index (χ1n) is 9.89. The minimum absolute atomic E-state index is 0.152. The molecule has 1 heteroatoms. The molecule has 1 heterocycles. The zero-order valence-corrected chi connectivity index (χ0v) is 16.8. The Hall–Kier alpha value is -3.06. The van der Waals surface area contributed by atoms with Gasteiger partial charge in [0.05, 0.1) is 5.54 Å². The summed E-state index contributed by atoms with van der Waals surface area (Å²) in [6.45, 7) is 16.4. The highest BCUT2D eigenvalue weighted by Crippen LogP contribution is 2.56. The fourth-order valence-electron chi connectivity index (χ4n) is 4.59. The SMILES string of the molecule is C=CCC/C=C1\C2=C(C=C)NC2(C)c2cc(C=C)c(-c3ccccc3C)cc21. The lowest BCUT2D eigenvalue weighted by atomic mass is 9.80. The Bertz CT molecular complexity index is 1060. The van der Waals surface area contributed by atoms with Gasteiger partial charge in [0.1, 0.15) is 0 Å². The Morgan fingerprint density at radius 1 is 0.964 bits per heavy atom. The average Bonchev–Trinajstić information content (AvgIpc) is 2.87. The Labute approximate surface area is 168 Å². The van der Waals surface area contributed by atoms with Crippen LogP contribution >= 0.6 is 0 Å². The second-order valence-electron chi connectivity index (χ2n) is 7.73. The van der Waals surface area contributed by atoms with Gasteiger partial charge >= 0.3 is 0 Å². The van der Waals surface area contributed by atoms with Crippen molar-refractivity contribution in [3.63, 3.8) is 0 Å². The van der Waals surface area contributed by atoms with Crippen molar-refractivity contribution in [3.8, 4) is 11.1 Å². The van der Waals surface area contributed by atoms with Gasteiger partial charge in [-0.3, -0.25) is 0 Å². The van der Waals surface area contributed by atoms with Gasteiger partial charge in [-0.25, -0.2) is 0 Å². The quantitative estimate of drug-likeness (QED) is 0.432. The van der Waals surface area contributed by atoms with Crippen molar-refractivity contribution < 1.29 is 0 Å². The maximum absolute atomic E-state index is 4.09. The number of hydrogen-bond donors (Lipinski definition) is 1. The van der Waals surface area contributed by atoms with Crippen LogP contribution < -0.4 is 5.32 Å². The van der Waals surface area contributed by atoms with Crippen LogP contribution in [-0.2, 0) is 5.54 Å². The summed E-state index contributed by atoms with van der Waals surface area (Å²) in [7, 11) is 0. The van der Waals surface area contributed by atoms with Gasteiger partial charge in [0.2, 0.25) is 0 Å². The minimum atomic E-state index is -0.152. The number of allylic oxidation sites excluding steroid dienone is 3. The van der Waals surface area contributed by atoms with Gasteiger partial charge in [-0.1, -0.05) is 55.7 Å². The van der Waals surface area contributed by atoms with Crippen LogP contribution in [0.2, 0.25) is 0 Å². The minimum Gasteiger partial charge on any atom is -0.371 e. The molecule has 2 aromatic rings. The van der Waals surface area contributed by atoms with Crippen LogP contribution in [0.4, 0.5) is 0 Å². The normalized spacial score (nSPS) is 20.9. The summed E-state index contributed by atoms with van der Waals surface area (Å²) in [5.74, 6) is 0. The van der Waals surface area contributed by atoms with Crippen molar-refractivity contribution in [2.45, 2.75) is 32.2 Å². The molecule has 0 saturated heterocycles. The van der Waals surface area contributed by atoms with E-state index < -0.39 is 0 Å². The third-order valence-corrected chi connectivity index (χ3v) is 6.02. The first-order valence-corrected chi connectivity index (χ1v) is 9.89. The van der Waals surface area contributed by atoms with Gasteiger partial charge in [-0.15, -0.1) is 6.58 Å². The van der Waals surface area contributed by atoms with E-state index in [1.807, 2.05) is 18.2 Å². The molecule has 0 saturated carbocycles. The summed E-state index contributed by atoms with van der Waals surface area (Å²) in [5.41, 5.74) is 11.3. The van der Waals surface area contributed by atoms with E-state index >= 15 is 0 Å². The number of rotatable bonds is 6. The predicted molar refractivity (Wildman–Crippen MR) is 122 cm³/mol. The van der Waals surface area contributed by atoms with Crippen molar-refractivity contribution in [3.05, 3.63) is 108 Å². The first-order chi connectivity index (χ1) is 13.5. The zero-order valence-electron chi connectivity index (χ0n) is 16.8. The fourth-order valence-corrected chi connectivity index (χ4v) is 4.59. The van der Waals surface area contributed by atoms with E-state index in [9.17, 15) is 0 Å². The molecule has 1 nitrogen and oxygen atoms in total. The van der Waals surface area contributed by atoms with Crippen LogP contribution in [-0.4, -0.2) is 0 Å². The number of fused-ring (bicyclic) bond motifs is 3. The van der Waals surface area contributed by atoms with Gasteiger partial charge in [0.15, 0.2) is 0 Å². The summed E-state index contributed by atoms with van der Waals surface area (Å²) in [6, 6.07) is 13.2. The summed E-state index contributed by atoms with van der Waals surface area (Å²) >= 11 is 0. The van der Waals surface area contributed by atoms with Crippen LogP contribution in [0.5, 0.6) is 0 Å². The fraction of sp³-hybridized carbons (Fsp3) is 0.185. The van der Waals surface area contributed by atoms with E-state index in [1.165, 1.54) is 44.5 Å². The highest BCUT2D eigenvalue weighted by Gasteiger charge is 2.49. The lowest BCUT2D eigenvalue weighted by molar-refractivity contribution is 0.442. The molecule has 0 spiro atoms.